The van der Waals surface area contributed by atoms with Crippen LogP contribution in [0.1, 0.15) is 24.5 Å². The minimum atomic E-state index is -0.151. The van der Waals surface area contributed by atoms with Gasteiger partial charge in [0.15, 0.2) is 0 Å². The minimum absolute atomic E-state index is 0.107. The third-order valence-electron chi connectivity index (χ3n) is 4.63. The lowest BCUT2D eigenvalue weighted by molar-refractivity contribution is -0.117. The molecule has 1 amide bonds. The molecule has 2 heterocycles. The molecular formula is C19H24N4O4. The number of aromatic nitrogens is 2. The van der Waals surface area contributed by atoms with Gasteiger partial charge in [0.05, 0.1) is 32.8 Å². The van der Waals surface area contributed by atoms with Gasteiger partial charge >= 0.3 is 0 Å². The minimum Gasteiger partial charge on any atom is -0.497 e. The number of aromatic amines is 1. The SMILES string of the molecule is COc1cc(NC(=O)CN2CCCC(c3cc(=O)[nH]cn3)C2)cc(OC)c1. The lowest BCUT2D eigenvalue weighted by Crippen LogP contribution is -2.40. The van der Waals surface area contributed by atoms with Crippen LogP contribution in [0.2, 0.25) is 0 Å². The molecule has 0 aliphatic carbocycles. The Hall–Kier alpha value is -2.87. The Bertz CT molecular complexity index is 829. The average molecular weight is 372 g/mol. The maximum absolute atomic E-state index is 12.5. The van der Waals surface area contributed by atoms with Crippen molar-refractivity contribution in [2.75, 3.05) is 39.2 Å². The van der Waals surface area contributed by atoms with Gasteiger partial charge in [-0.05, 0) is 19.4 Å². The molecule has 1 aliphatic heterocycles. The van der Waals surface area contributed by atoms with E-state index in [9.17, 15) is 9.59 Å². The molecule has 1 unspecified atom stereocenters. The average Bonchev–Trinajstić information content (AvgIpc) is 2.67. The summed E-state index contributed by atoms with van der Waals surface area (Å²) in [7, 11) is 3.13. The molecular weight excluding hydrogens is 348 g/mol. The van der Waals surface area contributed by atoms with Crippen molar-refractivity contribution < 1.29 is 14.3 Å². The Morgan fingerprint density at radius 3 is 2.67 bits per heavy atom. The number of likely N-dealkylation sites (tertiary alicyclic amines) is 1. The van der Waals surface area contributed by atoms with Crippen LogP contribution in [0.4, 0.5) is 5.69 Å². The molecule has 2 N–H and O–H groups in total. The fourth-order valence-electron chi connectivity index (χ4n) is 3.33. The number of piperidine rings is 1. The lowest BCUT2D eigenvalue weighted by atomic mass is 9.94. The summed E-state index contributed by atoms with van der Waals surface area (Å²) in [5.74, 6) is 1.28. The summed E-state index contributed by atoms with van der Waals surface area (Å²) in [6.07, 6.45) is 3.35. The van der Waals surface area contributed by atoms with Gasteiger partial charge in [-0.25, -0.2) is 4.98 Å². The zero-order chi connectivity index (χ0) is 19.2. The normalized spacial score (nSPS) is 17.3. The summed E-state index contributed by atoms with van der Waals surface area (Å²) >= 11 is 0. The molecule has 27 heavy (non-hydrogen) atoms. The monoisotopic (exact) mass is 372 g/mol. The van der Waals surface area contributed by atoms with E-state index in [0.717, 1.165) is 25.1 Å². The van der Waals surface area contributed by atoms with Crippen LogP contribution >= 0.6 is 0 Å². The van der Waals surface area contributed by atoms with E-state index in [0.29, 0.717) is 23.7 Å². The van der Waals surface area contributed by atoms with Crippen LogP contribution in [0.15, 0.2) is 35.4 Å². The molecule has 1 fully saturated rings. The summed E-state index contributed by atoms with van der Waals surface area (Å²) in [5.41, 5.74) is 1.25. The van der Waals surface area contributed by atoms with Gasteiger partial charge in [-0.15, -0.1) is 0 Å². The zero-order valence-corrected chi connectivity index (χ0v) is 15.5. The van der Waals surface area contributed by atoms with Crippen molar-refractivity contribution in [3.63, 3.8) is 0 Å². The van der Waals surface area contributed by atoms with Gasteiger partial charge in [-0.2, -0.15) is 0 Å². The molecule has 2 aromatic rings. The van der Waals surface area contributed by atoms with Crippen LogP contribution in [-0.4, -0.2) is 54.6 Å². The third kappa shape index (κ3) is 5.07. The largest absolute Gasteiger partial charge is 0.497 e. The van der Waals surface area contributed by atoms with Crippen LogP contribution in [0.3, 0.4) is 0 Å². The van der Waals surface area contributed by atoms with Crippen molar-refractivity contribution in [3.8, 4) is 11.5 Å². The van der Waals surface area contributed by atoms with Gasteiger partial charge < -0.3 is 19.8 Å². The van der Waals surface area contributed by atoms with Crippen molar-refractivity contribution in [1.82, 2.24) is 14.9 Å². The first-order valence-electron chi connectivity index (χ1n) is 8.87. The Kier molecular flexibility index (Phi) is 6.08. The van der Waals surface area contributed by atoms with E-state index in [1.807, 2.05) is 0 Å². The summed E-state index contributed by atoms with van der Waals surface area (Å²) in [5, 5.41) is 2.89. The van der Waals surface area contributed by atoms with E-state index in [-0.39, 0.29) is 23.9 Å². The maximum atomic E-state index is 12.5. The molecule has 3 rings (SSSR count). The van der Waals surface area contributed by atoms with E-state index in [1.165, 1.54) is 12.4 Å². The second kappa shape index (κ2) is 8.68. The van der Waals surface area contributed by atoms with E-state index in [4.69, 9.17) is 9.47 Å². The number of carbonyl (C=O) groups is 1. The van der Waals surface area contributed by atoms with E-state index in [2.05, 4.69) is 20.2 Å². The number of anilines is 1. The highest BCUT2D eigenvalue weighted by atomic mass is 16.5. The number of ether oxygens (including phenoxy) is 2. The van der Waals surface area contributed by atoms with Crippen LogP contribution in [-0.2, 0) is 4.79 Å². The van der Waals surface area contributed by atoms with Gasteiger partial charge in [-0.3, -0.25) is 14.5 Å². The second-order valence-electron chi connectivity index (χ2n) is 6.56. The molecule has 1 saturated heterocycles. The van der Waals surface area contributed by atoms with E-state index < -0.39 is 0 Å². The molecule has 0 radical (unpaired) electrons. The number of hydrogen-bond acceptors (Lipinski definition) is 6. The molecule has 8 heteroatoms. The van der Waals surface area contributed by atoms with Gasteiger partial charge in [0.1, 0.15) is 11.5 Å². The number of amides is 1. The Morgan fingerprint density at radius 2 is 2.00 bits per heavy atom. The molecule has 0 saturated carbocycles. The number of methoxy groups -OCH3 is 2. The smallest absolute Gasteiger partial charge is 0.250 e. The van der Waals surface area contributed by atoms with Gasteiger partial charge in [0, 0.05) is 42.4 Å². The second-order valence-corrected chi connectivity index (χ2v) is 6.56. The fraction of sp³-hybridized carbons (Fsp3) is 0.421. The number of H-pyrrole nitrogens is 1. The number of nitrogens with zero attached hydrogens (tertiary/aromatic N) is 2. The third-order valence-corrected chi connectivity index (χ3v) is 4.63. The Labute approximate surface area is 157 Å². The highest BCUT2D eigenvalue weighted by molar-refractivity contribution is 5.92. The van der Waals surface area contributed by atoms with E-state index in [1.54, 1.807) is 32.4 Å². The number of carbonyl (C=O) groups excluding carboxylic acids is 1. The lowest BCUT2D eigenvalue weighted by Gasteiger charge is -2.31. The quantitative estimate of drug-likeness (QED) is 0.800. The number of hydrogen-bond donors (Lipinski definition) is 2. The van der Waals surface area contributed by atoms with E-state index >= 15 is 0 Å². The van der Waals surface area contributed by atoms with Crippen LogP contribution in [0.5, 0.6) is 11.5 Å². The van der Waals surface area contributed by atoms with Crippen LogP contribution in [0, 0.1) is 0 Å². The Morgan fingerprint density at radius 1 is 1.26 bits per heavy atom. The molecule has 8 nitrogen and oxygen atoms in total. The first-order chi connectivity index (χ1) is 13.1. The number of nitrogens with one attached hydrogen (secondary N) is 2. The molecule has 144 valence electrons. The maximum Gasteiger partial charge on any atom is 0.250 e. The topological polar surface area (TPSA) is 96.6 Å². The number of benzene rings is 1. The molecule has 1 aromatic carbocycles. The summed E-state index contributed by atoms with van der Waals surface area (Å²) < 4.78 is 10.4. The van der Waals surface area contributed by atoms with Gasteiger partial charge in [0.2, 0.25) is 5.91 Å². The molecule has 1 aromatic heterocycles. The molecule has 0 bridgehead atoms. The number of rotatable bonds is 6. The molecule has 1 aliphatic rings. The first-order valence-corrected chi connectivity index (χ1v) is 8.87. The summed E-state index contributed by atoms with van der Waals surface area (Å²) in [6.45, 7) is 1.82. The predicted molar refractivity (Wildman–Crippen MR) is 101 cm³/mol. The summed E-state index contributed by atoms with van der Waals surface area (Å²) in [6, 6.07) is 6.79. The van der Waals surface area contributed by atoms with Gasteiger partial charge in [0.25, 0.3) is 5.56 Å². The highest BCUT2D eigenvalue weighted by Crippen LogP contribution is 2.26. The molecule has 1 atom stereocenters. The predicted octanol–water partition coefficient (Wildman–Crippen LogP) is 1.61. The summed E-state index contributed by atoms with van der Waals surface area (Å²) in [4.78, 5) is 32.9. The van der Waals surface area contributed by atoms with Gasteiger partial charge in [-0.1, -0.05) is 0 Å². The Balaban J connectivity index is 1.61. The van der Waals surface area contributed by atoms with Crippen molar-refractivity contribution in [2.45, 2.75) is 18.8 Å². The standard InChI is InChI=1S/C19H24N4O4/c1-26-15-6-14(7-16(8-15)27-2)22-19(25)11-23-5-3-4-13(10-23)17-9-18(24)21-12-20-17/h6-9,12-13H,3-5,10-11H2,1-2H3,(H,22,25)(H,20,21,24). The fourth-order valence-corrected chi connectivity index (χ4v) is 3.33. The van der Waals surface area contributed by atoms with Crippen molar-refractivity contribution in [1.29, 1.82) is 0 Å². The zero-order valence-electron chi connectivity index (χ0n) is 15.5. The highest BCUT2D eigenvalue weighted by Gasteiger charge is 2.24. The first kappa shape index (κ1) is 18.9. The van der Waals surface area contributed by atoms with Crippen molar-refractivity contribution in [3.05, 3.63) is 46.6 Å². The van der Waals surface area contributed by atoms with Crippen LogP contribution < -0.4 is 20.3 Å². The molecule has 0 spiro atoms. The van der Waals surface area contributed by atoms with Crippen molar-refractivity contribution >= 4 is 11.6 Å². The van der Waals surface area contributed by atoms with Crippen molar-refractivity contribution in [2.24, 2.45) is 0 Å². The van der Waals surface area contributed by atoms with Crippen LogP contribution in [0.25, 0.3) is 0 Å².